The first-order valence-electron chi connectivity index (χ1n) is 9.50. The minimum atomic E-state index is -2.15. The maximum atomic E-state index is 12.1. The van der Waals surface area contributed by atoms with Gasteiger partial charge in [-0.15, -0.1) is 0 Å². The number of esters is 1. The van der Waals surface area contributed by atoms with Crippen LogP contribution in [0.4, 0.5) is 0 Å². The van der Waals surface area contributed by atoms with E-state index in [0.29, 0.717) is 6.42 Å². The SMILES string of the molecule is CCC[CH2][Sn]([CH2]CCC)([CH2]CCC)[CH2]CC(=O)OC(C)(C)C. The number of hydrogen-bond acceptors (Lipinski definition) is 2. The summed E-state index contributed by atoms with van der Waals surface area (Å²) in [6.45, 7) is 12.8. The van der Waals surface area contributed by atoms with Gasteiger partial charge in [-0.25, -0.2) is 0 Å². The first-order valence-corrected chi connectivity index (χ1v) is 17.6. The number of carbonyl (C=O) groups excluding carboxylic acids is 1. The second-order valence-electron chi connectivity index (χ2n) is 7.90. The van der Waals surface area contributed by atoms with Crippen molar-refractivity contribution in [2.75, 3.05) is 0 Å². The Morgan fingerprint density at radius 3 is 1.55 bits per heavy atom. The Kier molecular flexibility index (Phi) is 11.9. The van der Waals surface area contributed by atoms with Crippen LogP contribution in [0.3, 0.4) is 0 Å². The van der Waals surface area contributed by atoms with Crippen molar-refractivity contribution in [3.05, 3.63) is 0 Å². The third kappa shape index (κ3) is 10.9. The Morgan fingerprint density at radius 2 is 1.23 bits per heavy atom. The van der Waals surface area contributed by atoms with Crippen molar-refractivity contribution < 1.29 is 9.53 Å². The van der Waals surface area contributed by atoms with Crippen molar-refractivity contribution in [2.45, 2.75) is 110 Å². The molecule has 0 amide bonds. The van der Waals surface area contributed by atoms with Crippen LogP contribution in [0, 0.1) is 0 Å². The van der Waals surface area contributed by atoms with E-state index in [1.165, 1.54) is 56.3 Å². The van der Waals surface area contributed by atoms with Crippen molar-refractivity contribution in [1.29, 1.82) is 0 Å². The molecule has 0 N–H and O–H groups in total. The van der Waals surface area contributed by atoms with Gasteiger partial charge in [-0.2, -0.15) is 0 Å². The predicted octanol–water partition coefficient (Wildman–Crippen LogP) is 6.57. The van der Waals surface area contributed by atoms with Gasteiger partial charge in [0.15, 0.2) is 0 Å². The number of rotatable bonds is 12. The third-order valence-corrected chi connectivity index (χ3v) is 20.3. The molecular weight excluding hydrogens is 379 g/mol. The van der Waals surface area contributed by atoms with Gasteiger partial charge in [0.25, 0.3) is 0 Å². The molecule has 0 aliphatic rings. The van der Waals surface area contributed by atoms with Crippen molar-refractivity contribution >= 4 is 24.3 Å². The van der Waals surface area contributed by atoms with Crippen molar-refractivity contribution in [1.82, 2.24) is 0 Å². The molecule has 0 aliphatic carbocycles. The molecule has 0 radical (unpaired) electrons. The normalized spacial score (nSPS) is 12.5. The van der Waals surface area contributed by atoms with Crippen molar-refractivity contribution in [3.63, 3.8) is 0 Å². The second kappa shape index (κ2) is 11.8. The van der Waals surface area contributed by atoms with Gasteiger partial charge in [-0.1, -0.05) is 0 Å². The van der Waals surface area contributed by atoms with Gasteiger partial charge in [0.1, 0.15) is 0 Å². The molecule has 0 saturated heterocycles. The first-order chi connectivity index (χ1) is 10.3. The molecule has 0 saturated carbocycles. The Labute approximate surface area is 143 Å². The fourth-order valence-corrected chi connectivity index (χ4v) is 19.0. The van der Waals surface area contributed by atoms with E-state index in [1.54, 1.807) is 0 Å². The van der Waals surface area contributed by atoms with Crippen LogP contribution in [0.1, 0.15) is 86.5 Å². The molecule has 3 heteroatoms. The summed E-state index contributed by atoms with van der Waals surface area (Å²) in [5, 5.41) is 0. The third-order valence-electron chi connectivity index (χ3n) is 4.46. The van der Waals surface area contributed by atoms with Gasteiger partial charge >= 0.3 is 144 Å². The summed E-state index contributed by atoms with van der Waals surface area (Å²) >= 11 is -2.15. The van der Waals surface area contributed by atoms with Gasteiger partial charge < -0.3 is 0 Å². The Hall–Kier alpha value is 0.269. The van der Waals surface area contributed by atoms with Crippen LogP contribution in [0.25, 0.3) is 0 Å². The number of unbranched alkanes of at least 4 members (excludes halogenated alkanes) is 3. The molecule has 0 bridgehead atoms. The summed E-state index contributed by atoms with van der Waals surface area (Å²) in [5.74, 6) is 0.0260. The zero-order chi connectivity index (χ0) is 17.1. The molecule has 0 rings (SSSR count). The molecule has 2 nitrogen and oxygen atoms in total. The Bertz CT molecular complexity index is 273. The van der Waals surface area contributed by atoms with Crippen LogP contribution < -0.4 is 0 Å². The van der Waals surface area contributed by atoms with Gasteiger partial charge in [-0.3, -0.25) is 0 Å². The summed E-state index contributed by atoms with van der Waals surface area (Å²) in [6, 6.07) is 0. The molecule has 132 valence electrons. The minimum absolute atomic E-state index is 0.0260. The summed E-state index contributed by atoms with van der Waals surface area (Å²) in [7, 11) is 0. The van der Waals surface area contributed by atoms with E-state index in [-0.39, 0.29) is 11.6 Å². The quantitative estimate of drug-likeness (QED) is 0.264. The predicted molar refractivity (Wildman–Crippen MR) is 100 cm³/mol. The van der Waals surface area contributed by atoms with Crippen LogP contribution in [0.15, 0.2) is 0 Å². The number of ether oxygens (including phenoxy) is 1. The van der Waals surface area contributed by atoms with Crippen LogP contribution in [0.5, 0.6) is 0 Å². The molecule has 0 heterocycles. The average molecular weight is 419 g/mol. The average Bonchev–Trinajstić information content (AvgIpc) is 2.44. The molecule has 0 fully saturated rings. The number of hydrogen-bond donors (Lipinski definition) is 0. The Balaban J connectivity index is 4.73. The maximum absolute atomic E-state index is 12.1. The van der Waals surface area contributed by atoms with Crippen molar-refractivity contribution in [2.24, 2.45) is 0 Å². The van der Waals surface area contributed by atoms with E-state index in [0.717, 1.165) is 0 Å². The molecule has 0 spiro atoms. The van der Waals surface area contributed by atoms with Gasteiger partial charge in [0.05, 0.1) is 0 Å². The molecule has 0 atom stereocenters. The summed E-state index contributed by atoms with van der Waals surface area (Å²) in [5.41, 5.74) is -0.342. The van der Waals surface area contributed by atoms with Gasteiger partial charge in [0.2, 0.25) is 0 Å². The summed E-state index contributed by atoms with van der Waals surface area (Å²) in [4.78, 5) is 12.1. The molecule has 0 unspecified atom stereocenters. The molecule has 0 aromatic carbocycles. The zero-order valence-electron chi connectivity index (χ0n) is 16.1. The van der Waals surface area contributed by atoms with E-state index >= 15 is 0 Å². The fourth-order valence-electron chi connectivity index (χ4n) is 3.17. The fraction of sp³-hybridized carbons (Fsp3) is 0.947. The topological polar surface area (TPSA) is 26.3 Å². The summed E-state index contributed by atoms with van der Waals surface area (Å²) in [6.07, 6.45) is 8.67. The molecule has 0 aromatic heterocycles. The number of carbonyl (C=O) groups is 1. The van der Waals surface area contributed by atoms with E-state index in [1.807, 2.05) is 20.8 Å². The van der Waals surface area contributed by atoms with E-state index < -0.39 is 18.4 Å². The van der Waals surface area contributed by atoms with Crippen molar-refractivity contribution in [3.8, 4) is 0 Å². The summed E-state index contributed by atoms with van der Waals surface area (Å²) < 4.78 is 11.2. The molecular formula is C19H40O2Sn. The van der Waals surface area contributed by atoms with E-state index in [9.17, 15) is 4.79 Å². The van der Waals surface area contributed by atoms with E-state index in [2.05, 4.69) is 20.8 Å². The van der Waals surface area contributed by atoms with Gasteiger partial charge in [0, 0.05) is 0 Å². The molecule has 0 aromatic rings. The van der Waals surface area contributed by atoms with Gasteiger partial charge in [-0.05, 0) is 0 Å². The van der Waals surface area contributed by atoms with Crippen LogP contribution in [-0.2, 0) is 9.53 Å². The molecule has 0 aliphatic heterocycles. The van der Waals surface area contributed by atoms with Crippen LogP contribution in [-0.4, -0.2) is 29.9 Å². The Morgan fingerprint density at radius 1 is 0.818 bits per heavy atom. The molecule has 22 heavy (non-hydrogen) atoms. The van der Waals surface area contributed by atoms with Crippen LogP contribution in [0.2, 0.25) is 17.7 Å². The monoisotopic (exact) mass is 420 g/mol. The van der Waals surface area contributed by atoms with E-state index in [4.69, 9.17) is 4.74 Å². The standard InChI is InChI=1S/C7H13O2.3C4H9.Sn/c1-5-6(8)9-7(2,3)4;3*1-3-4-2;/h1,5H2,2-4H3;3*1,3-4H2,2H3;. The second-order valence-corrected chi connectivity index (χ2v) is 22.2. The van der Waals surface area contributed by atoms with Crippen LogP contribution >= 0.6 is 0 Å². The zero-order valence-corrected chi connectivity index (χ0v) is 18.9. The first kappa shape index (κ1) is 22.3.